The molecule has 0 bridgehead atoms. The Morgan fingerprint density at radius 1 is 1.15 bits per heavy atom. The molecule has 0 radical (unpaired) electrons. The molecule has 0 aromatic heterocycles. The third kappa shape index (κ3) is 5.26. The van der Waals surface area contributed by atoms with Crippen LogP contribution in [0.3, 0.4) is 0 Å². The quantitative estimate of drug-likeness (QED) is 0.798. The van der Waals surface area contributed by atoms with Crippen LogP contribution in [0.4, 0.5) is 14.5 Å². The molecule has 26 heavy (non-hydrogen) atoms. The zero-order valence-corrected chi connectivity index (χ0v) is 15.3. The van der Waals surface area contributed by atoms with Crippen molar-refractivity contribution < 1.29 is 22.0 Å². The molecular weight excluding hydrogens is 362 g/mol. The van der Waals surface area contributed by atoms with E-state index >= 15 is 0 Å². The van der Waals surface area contributed by atoms with Gasteiger partial charge in [0.2, 0.25) is 10.0 Å². The number of halogens is 2. The first kappa shape index (κ1) is 19.8. The first-order chi connectivity index (χ1) is 12.2. The Labute approximate surface area is 151 Å². The summed E-state index contributed by atoms with van der Waals surface area (Å²) in [5, 5.41) is 0. The summed E-state index contributed by atoms with van der Waals surface area (Å²) in [6.45, 7) is 1.71. The molecule has 2 aromatic carbocycles. The first-order valence-corrected chi connectivity index (χ1v) is 9.67. The van der Waals surface area contributed by atoms with Gasteiger partial charge in [-0.1, -0.05) is 19.1 Å². The van der Waals surface area contributed by atoms with E-state index in [1.165, 1.54) is 30.1 Å². The molecule has 0 spiro atoms. The van der Waals surface area contributed by atoms with E-state index in [-0.39, 0.29) is 29.1 Å². The minimum absolute atomic E-state index is 0.0189. The van der Waals surface area contributed by atoms with Crippen LogP contribution in [0, 0.1) is 11.6 Å². The third-order valence-corrected chi connectivity index (χ3v) is 5.12. The molecule has 0 unspecified atom stereocenters. The topological polar surface area (TPSA) is 66.5 Å². The van der Waals surface area contributed by atoms with Gasteiger partial charge in [-0.3, -0.25) is 9.52 Å². The fourth-order valence-electron chi connectivity index (χ4n) is 2.41. The van der Waals surface area contributed by atoms with Crippen LogP contribution < -0.4 is 4.72 Å². The minimum Gasteiger partial charge on any atom is -0.337 e. The summed E-state index contributed by atoms with van der Waals surface area (Å²) >= 11 is 0. The second-order valence-corrected chi connectivity index (χ2v) is 7.74. The summed E-state index contributed by atoms with van der Waals surface area (Å²) in [6, 6.07) is 9.23. The molecule has 5 nitrogen and oxygen atoms in total. The number of nitrogens with one attached hydrogen (secondary N) is 1. The molecule has 2 rings (SSSR count). The highest BCUT2D eigenvalue weighted by Crippen LogP contribution is 2.17. The van der Waals surface area contributed by atoms with E-state index in [9.17, 15) is 22.0 Å². The lowest BCUT2D eigenvalue weighted by Crippen LogP contribution is -2.27. The van der Waals surface area contributed by atoms with Crippen molar-refractivity contribution in [3.8, 4) is 0 Å². The van der Waals surface area contributed by atoms with Crippen molar-refractivity contribution in [3.05, 3.63) is 65.2 Å². The molecule has 140 valence electrons. The summed E-state index contributed by atoms with van der Waals surface area (Å²) in [5.74, 6) is -1.85. The van der Waals surface area contributed by atoms with Gasteiger partial charge in [0, 0.05) is 36.5 Å². The highest BCUT2D eigenvalue weighted by Gasteiger charge is 2.16. The number of sulfonamides is 1. The molecule has 0 aliphatic carbocycles. The zero-order valence-electron chi connectivity index (χ0n) is 14.5. The van der Waals surface area contributed by atoms with Crippen LogP contribution in [0.1, 0.15) is 29.3 Å². The van der Waals surface area contributed by atoms with Crippen molar-refractivity contribution in [1.82, 2.24) is 4.90 Å². The maximum Gasteiger partial charge on any atom is 0.253 e. The fourth-order valence-corrected chi connectivity index (χ4v) is 3.54. The van der Waals surface area contributed by atoms with Crippen LogP contribution in [0.5, 0.6) is 0 Å². The lowest BCUT2D eigenvalue weighted by atomic mass is 10.1. The van der Waals surface area contributed by atoms with E-state index in [0.717, 1.165) is 12.1 Å². The van der Waals surface area contributed by atoms with Gasteiger partial charge in [0.25, 0.3) is 5.91 Å². The van der Waals surface area contributed by atoms with Crippen molar-refractivity contribution in [2.45, 2.75) is 19.9 Å². The van der Waals surface area contributed by atoms with Gasteiger partial charge < -0.3 is 4.90 Å². The van der Waals surface area contributed by atoms with Crippen LogP contribution in [0.15, 0.2) is 42.5 Å². The van der Waals surface area contributed by atoms with Gasteiger partial charge in [0.1, 0.15) is 11.6 Å². The number of rotatable bonds is 7. The van der Waals surface area contributed by atoms with Gasteiger partial charge >= 0.3 is 0 Å². The van der Waals surface area contributed by atoms with Crippen molar-refractivity contribution in [2.75, 3.05) is 17.5 Å². The van der Waals surface area contributed by atoms with Crippen molar-refractivity contribution in [2.24, 2.45) is 0 Å². The molecule has 8 heteroatoms. The molecule has 0 saturated heterocycles. The Bertz CT molecular complexity index is 901. The monoisotopic (exact) mass is 382 g/mol. The van der Waals surface area contributed by atoms with E-state index < -0.39 is 27.6 Å². The molecule has 0 atom stereocenters. The third-order valence-electron chi connectivity index (χ3n) is 3.63. The van der Waals surface area contributed by atoms with E-state index in [1.54, 1.807) is 19.1 Å². The number of amides is 1. The van der Waals surface area contributed by atoms with E-state index in [1.807, 2.05) is 0 Å². The summed E-state index contributed by atoms with van der Waals surface area (Å²) in [4.78, 5) is 13.8. The molecule has 0 aliphatic rings. The summed E-state index contributed by atoms with van der Waals surface area (Å²) in [5.41, 5.74) is 0.722. The Balaban J connectivity index is 2.14. The van der Waals surface area contributed by atoms with E-state index in [2.05, 4.69) is 4.72 Å². The maximum atomic E-state index is 13.7. The number of hydrogen-bond acceptors (Lipinski definition) is 3. The Kier molecular flexibility index (Phi) is 6.31. The molecule has 1 amide bonds. The van der Waals surface area contributed by atoms with Gasteiger partial charge in [0.05, 0.1) is 5.75 Å². The average molecular weight is 382 g/mol. The lowest BCUT2D eigenvalue weighted by molar-refractivity contribution is 0.0784. The maximum absolute atomic E-state index is 13.7. The number of benzene rings is 2. The second-order valence-electron chi connectivity index (χ2n) is 5.90. The predicted molar refractivity (Wildman–Crippen MR) is 96.3 cm³/mol. The highest BCUT2D eigenvalue weighted by molar-refractivity contribution is 7.92. The summed E-state index contributed by atoms with van der Waals surface area (Å²) in [6.07, 6.45) is 0.472. The SMILES string of the molecule is CCCS(=O)(=O)Nc1cccc(C(=O)N(C)Cc2ccc(F)cc2F)c1. The van der Waals surface area contributed by atoms with Crippen LogP contribution in [-0.2, 0) is 16.6 Å². The predicted octanol–water partition coefficient (Wildman–Crippen LogP) is 3.39. The van der Waals surface area contributed by atoms with Crippen LogP contribution in [0.2, 0.25) is 0 Å². The molecular formula is C18H20F2N2O3S. The van der Waals surface area contributed by atoms with Crippen LogP contribution in [-0.4, -0.2) is 32.0 Å². The molecule has 1 N–H and O–H groups in total. The van der Waals surface area contributed by atoms with Crippen molar-refractivity contribution >= 4 is 21.6 Å². The summed E-state index contributed by atoms with van der Waals surface area (Å²) < 4.78 is 52.8. The number of hydrogen-bond donors (Lipinski definition) is 1. The van der Waals surface area contributed by atoms with Gasteiger partial charge in [-0.05, 0) is 30.7 Å². The molecule has 2 aromatic rings. The van der Waals surface area contributed by atoms with E-state index in [4.69, 9.17) is 0 Å². The fraction of sp³-hybridized carbons (Fsp3) is 0.278. The molecule has 0 heterocycles. The average Bonchev–Trinajstić information content (AvgIpc) is 2.56. The molecule has 0 fully saturated rings. The smallest absolute Gasteiger partial charge is 0.253 e. The van der Waals surface area contributed by atoms with Crippen molar-refractivity contribution in [1.29, 1.82) is 0 Å². The van der Waals surface area contributed by atoms with Crippen LogP contribution >= 0.6 is 0 Å². The standard InChI is InChI=1S/C18H20F2N2O3S/c1-3-9-26(24,25)21-16-6-4-5-13(10-16)18(23)22(2)12-14-7-8-15(19)11-17(14)20/h4-8,10-11,21H,3,9,12H2,1-2H3. The number of nitrogens with zero attached hydrogens (tertiary/aromatic N) is 1. The molecule has 0 aliphatic heterocycles. The highest BCUT2D eigenvalue weighted by atomic mass is 32.2. The molecule has 0 saturated carbocycles. The normalized spacial score (nSPS) is 11.2. The largest absolute Gasteiger partial charge is 0.337 e. The summed E-state index contributed by atoms with van der Waals surface area (Å²) in [7, 11) is -1.98. The Morgan fingerprint density at radius 2 is 1.88 bits per heavy atom. The minimum atomic E-state index is -3.47. The van der Waals surface area contributed by atoms with Gasteiger partial charge in [-0.2, -0.15) is 0 Å². The Hall–Kier alpha value is -2.48. The van der Waals surface area contributed by atoms with Gasteiger partial charge in [0.15, 0.2) is 0 Å². The number of anilines is 1. The zero-order chi connectivity index (χ0) is 19.3. The number of carbonyl (C=O) groups excluding carboxylic acids is 1. The van der Waals surface area contributed by atoms with Gasteiger partial charge in [-0.15, -0.1) is 0 Å². The first-order valence-electron chi connectivity index (χ1n) is 8.02. The second kappa shape index (κ2) is 8.27. The van der Waals surface area contributed by atoms with E-state index in [0.29, 0.717) is 6.42 Å². The van der Waals surface area contributed by atoms with Crippen molar-refractivity contribution in [3.63, 3.8) is 0 Å². The van der Waals surface area contributed by atoms with Gasteiger partial charge in [-0.25, -0.2) is 17.2 Å². The Morgan fingerprint density at radius 3 is 2.54 bits per heavy atom. The van der Waals surface area contributed by atoms with Crippen LogP contribution in [0.25, 0.3) is 0 Å². The number of carbonyl (C=O) groups is 1. The lowest BCUT2D eigenvalue weighted by Gasteiger charge is -2.18.